The molecular weight excluding hydrogens is 256 g/mol. The lowest BCUT2D eigenvalue weighted by Crippen LogP contribution is -1.90. The molecule has 0 spiro atoms. The normalized spacial score (nSPS) is 10.8. The third-order valence-corrected chi connectivity index (χ3v) is 3.74. The number of nitrogen functional groups attached to an aromatic ring is 1. The summed E-state index contributed by atoms with van der Waals surface area (Å²) in [5, 5.41) is 2.76. The monoisotopic (exact) mass is 268 g/mol. The summed E-state index contributed by atoms with van der Waals surface area (Å²) in [4.78, 5) is 13.8. The number of anilines is 1. The quantitative estimate of drug-likeness (QED) is 0.571. The van der Waals surface area contributed by atoms with Crippen molar-refractivity contribution in [2.45, 2.75) is 17.0 Å². The Balaban J connectivity index is 2.06. The van der Waals surface area contributed by atoms with Crippen LogP contribution in [0.1, 0.15) is 5.56 Å². The molecule has 0 fully saturated rings. The molecule has 0 saturated heterocycles. The van der Waals surface area contributed by atoms with Gasteiger partial charge in [-0.1, -0.05) is 0 Å². The minimum Gasteiger partial charge on any atom is -0.398 e. The molecule has 3 aromatic rings. The molecule has 0 aliphatic heterocycles. The molecule has 4 nitrogen and oxygen atoms in total. The van der Waals surface area contributed by atoms with E-state index in [1.807, 2.05) is 37.5 Å². The third kappa shape index (κ3) is 2.37. The Kier molecular flexibility index (Phi) is 3.05. The second kappa shape index (κ2) is 4.85. The zero-order valence-electron chi connectivity index (χ0n) is 10.4. The molecule has 2 aromatic heterocycles. The summed E-state index contributed by atoms with van der Waals surface area (Å²) < 4.78 is 0. The van der Waals surface area contributed by atoms with Crippen molar-refractivity contribution in [3.8, 4) is 0 Å². The number of benzene rings is 1. The Labute approximate surface area is 115 Å². The van der Waals surface area contributed by atoms with E-state index in [2.05, 4.69) is 15.0 Å². The van der Waals surface area contributed by atoms with Gasteiger partial charge in [0.2, 0.25) is 0 Å². The molecule has 19 heavy (non-hydrogen) atoms. The van der Waals surface area contributed by atoms with E-state index in [0.29, 0.717) is 0 Å². The van der Waals surface area contributed by atoms with Crippen LogP contribution in [0.5, 0.6) is 0 Å². The maximum absolute atomic E-state index is 5.96. The van der Waals surface area contributed by atoms with Gasteiger partial charge in [-0.2, -0.15) is 0 Å². The van der Waals surface area contributed by atoms with E-state index >= 15 is 0 Å². The molecule has 2 N–H and O–H groups in total. The Morgan fingerprint density at radius 3 is 2.58 bits per heavy atom. The molecule has 0 aliphatic carbocycles. The average Bonchev–Trinajstić information content (AvgIpc) is 2.45. The Morgan fingerprint density at radius 1 is 1.00 bits per heavy atom. The predicted molar refractivity (Wildman–Crippen MR) is 77.0 cm³/mol. The lowest BCUT2D eigenvalue weighted by molar-refractivity contribution is 0.950. The molecule has 0 saturated carbocycles. The molecule has 1 aromatic carbocycles. The number of rotatable bonds is 2. The van der Waals surface area contributed by atoms with Crippen LogP contribution >= 0.6 is 11.8 Å². The minimum absolute atomic E-state index is 0.730. The number of hydrogen-bond acceptors (Lipinski definition) is 5. The molecule has 0 radical (unpaired) electrons. The summed E-state index contributed by atoms with van der Waals surface area (Å²) in [7, 11) is 0. The van der Waals surface area contributed by atoms with Gasteiger partial charge in [-0.3, -0.25) is 4.98 Å². The molecule has 0 amide bonds. The summed E-state index contributed by atoms with van der Waals surface area (Å²) in [5.41, 5.74) is 7.74. The van der Waals surface area contributed by atoms with Crippen LogP contribution in [0.15, 0.2) is 53.0 Å². The van der Waals surface area contributed by atoms with Crippen LogP contribution in [-0.2, 0) is 0 Å². The van der Waals surface area contributed by atoms with E-state index in [1.165, 1.54) is 11.8 Å². The van der Waals surface area contributed by atoms with Crippen molar-refractivity contribution in [2.75, 3.05) is 5.73 Å². The second-order valence-corrected chi connectivity index (χ2v) is 5.23. The van der Waals surface area contributed by atoms with Crippen LogP contribution in [0.4, 0.5) is 5.69 Å². The zero-order chi connectivity index (χ0) is 13.2. The van der Waals surface area contributed by atoms with Gasteiger partial charge >= 0.3 is 0 Å². The van der Waals surface area contributed by atoms with Gasteiger partial charge in [-0.05, 0) is 42.4 Å². The van der Waals surface area contributed by atoms with Gasteiger partial charge in [0, 0.05) is 46.1 Å². The summed E-state index contributed by atoms with van der Waals surface area (Å²) in [6, 6.07) is 5.84. The predicted octanol–water partition coefficient (Wildman–Crippen LogP) is 3.07. The first-order chi connectivity index (χ1) is 9.24. The Morgan fingerprint density at radius 2 is 1.79 bits per heavy atom. The van der Waals surface area contributed by atoms with E-state index in [4.69, 9.17) is 5.73 Å². The van der Waals surface area contributed by atoms with Crippen LogP contribution in [0.3, 0.4) is 0 Å². The summed E-state index contributed by atoms with van der Waals surface area (Å²) in [5.74, 6) is 0. The third-order valence-electron chi connectivity index (χ3n) is 2.77. The van der Waals surface area contributed by atoms with Crippen molar-refractivity contribution in [2.24, 2.45) is 0 Å². The van der Waals surface area contributed by atoms with Gasteiger partial charge in [0.25, 0.3) is 0 Å². The van der Waals surface area contributed by atoms with Crippen molar-refractivity contribution in [1.29, 1.82) is 0 Å². The van der Waals surface area contributed by atoms with E-state index in [-0.39, 0.29) is 0 Å². The van der Waals surface area contributed by atoms with Crippen LogP contribution < -0.4 is 5.73 Å². The summed E-state index contributed by atoms with van der Waals surface area (Å²) >= 11 is 1.53. The van der Waals surface area contributed by atoms with Crippen molar-refractivity contribution in [3.05, 3.63) is 48.5 Å². The number of nitrogens with two attached hydrogens (primary N) is 1. The standard InChI is InChI=1S/C14H12N4S/c1-9-6-17-14(18-7-9)19-13-3-2-12(15)11-8-16-5-4-10(11)13/h2-8H,15H2,1H3. The summed E-state index contributed by atoms with van der Waals surface area (Å²) in [6.07, 6.45) is 7.18. The number of fused-ring (bicyclic) bond motifs is 1. The molecule has 0 unspecified atom stereocenters. The molecule has 0 bridgehead atoms. The molecule has 3 rings (SSSR count). The van der Waals surface area contributed by atoms with Gasteiger partial charge < -0.3 is 5.73 Å². The van der Waals surface area contributed by atoms with Crippen molar-refractivity contribution in [1.82, 2.24) is 15.0 Å². The number of aromatic nitrogens is 3. The molecular formula is C14H12N4S. The number of nitrogens with zero attached hydrogens (tertiary/aromatic N) is 3. The minimum atomic E-state index is 0.730. The SMILES string of the molecule is Cc1cnc(Sc2ccc(N)c3cnccc23)nc1. The van der Waals surface area contributed by atoms with Gasteiger partial charge in [0.15, 0.2) is 5.16 Å². The topological polar surface area (TPSA) is 64.7 Å². The highest BCUT2D eigenvalue weighted by Gasteiger charge is 2.07. The fraction of sp³-hybridized carbons (Fsp3) is 0.0714. The molecule has 2 heterocycles. The fourth-order valence-corrected chi connectivity index (χ4v) is 2.64. The van der Waals surface area contributed by atoms with Crippen molar-refractivity contribution < 1.29 is 0 Å². The number of hydrogen-bond donors (Lipinski definition) is 1. The maximum Gasteiger partial charge on any atom is 0.192 e. The van der Waals surface area contributed by atoms with Gasteiger partial charge in [0.1, 0.15) is 0 Å². The fourth-order valence-electron chi connectivity index (χ4n) is 1.81. The van der Waals surface area contributed by atoms with Crippen molar-refractivity contribution in [3.63, 3.8) is 0 Å². The highest BCUT2D eigenvalue weighted by molar-refractivity contribution is 7.99. The molecule has 0 atom stereocenters. The van der Waals surface area contributed by atoms with Crippen LogP contribution in [0.25, 0.3) is 10.8 Å². The largest absolute Gasteiger partial charge is 0.398 e. The Bertz CT molecular complexity index is 725. The Hall–Kier alpha value is -2.14. The lowest BCUT2D eigenvalue weighted by atomic mass is 10.1. The second-order valence-electron chi connectivity index (χ2n) is 4.22. The summed E-state index contributed by atoms with van der Waals surface area (Å²) in [6.45, 7) is 1.97. The molecule has 94 valence electrons. The number of pyridine rings is 1. The maximum atomic E-state index is 5.96. The highest BCUT2D eigenvalue weighted by Crippen LogP contribution is 2.33. The van der Waals surface area contributed by atoms with E-state index in [0.717, 1.165) is 32.1 Å². The van der Waals surface area contributed by atoms with Gasteiger partial charge in [0.05, 0.1) is 0 Å². The van der Waals surface area contributed by atoms with Crippen LogP contribution in [-0.4, -0.2) is 15.0 Å². The number of aryl methyl sites for hydroxylation is 1. The van der Waals surface area contributed by atoms with Gasteiger partial charge in [-0.15, -0.1) is 0 Å². The van der Waals surface area contributed by atoms with E-state index < -0.39 is 0 Å². The lowest BCUT2D eigenvalue weighted by Gasteiger charge is -2.07. The average molecular weight is 268 g/mol. The van der Waals surface area contributed by atoms with E-state index in [1.54, 1.807) is 12.4 Å². The van der Waals surface area contributed by atoms with Crippen LogP contribution in [0.2, 0.25) is 0 Å². The van der Waals surface area contributed by atoms with Crippen molar-refractivity contribution >= 4 is 28.2 Å². The van der Waals surface area contributed by atoms with Crippen LogP contribution in [0, 0.1) is 6.92 Å². The molecule has 0 aliphatic rings. The molecule has 5 heteroatoms. The first-order valence-corrected chi connectivity index (χ1v) is 6.64. The zero-order valence-corrected chi connectivity index (χ0v) is 11.2. The highest BCUT2D eigenvalue weighted by atomic mass is 32.2. The first kappa shape index (κ1) is 11.9. The van der Waals surface area contributed by atoms with E-state index in [9.17, 15) is 0 Å². The smallest absolute Gasteiger partial charge is 0.192 e. The first-order valence-electron chi connectivity index (χ1n) is 5.83. The van der Waals surface area contributed by atoms with Gasteiger partial charge in [-0.25, -0.2) is 9.97 Å².